The molecule has 130 valence electrons. The predicted molar refractivity (Wildman–Crippen MR) is 88.3 cm³/mol. The summed E-state index contributed by atoms with van der Waals surface area (Å²) < 4.78 is 5.34. The molecule has 0 aliphatic carbocycles. The number of urea groups is 1. The highest BCUT2D eigenvalue weighted by molar-refractivity contribution is 6.44. The summed E-state index contributed by atoms with van der Waals surface area (Å²) >= 11 is 0. The lowest BCUT2D eigenvalue weighted by atomic mass is 10.1. The third-order valence-corrected chi connectivity index (χ3v) is 3.84. The number of ether oxygens (including phenoxy) is 1. The molecular weight excluding hydrogens is 310 g/mol. The van der Waals surface area contributed by atoms with Gasteiger partial charge in [-0.25, -0.2) is 9.69 Å². The maximum atomic E-state index is 12.2. The molecule has 0 N–H and O–H groups in total. The Morgan fingerprint density at radius 3 is 2.42 bits per heavy atom. The molecule has 2 rings (SSSR count). The number of amides is 4. The van der Waals surface area contributed by atoms with Crippen LogP contribution in [0.4, 0.5) is 4.79 Å². The third kappa shape index (κ3) is 3.56. The SMILES string of the molecule is CCCN1C(=O)C(=O)N(CN(C)Cc2cc(C)ccc2OC)C1=O. The van der Waals surface area contributed by atoms with Crippen molar-refractivity contribution in [1.29, 1.82) is 0 Å². The quantitative estimate of drug-likeness (QED) is 0.560. The minimum atomic E-state index is -0.767. The minimum absolute atomic E-state index is 0.0563. The summed E-state index contributed by atoms with van der Waals surface area (Å²) in [5.41, 5.74) is 2.05. The monoisotopic (exact) mass is 333 g/mol. The molecule has 1 aliphatic rings. The summed E-state index contributed by atoms with van der Waals surface area (Å²) in [5, 5.41) is 0. The first kappa shape index (κ1) is 17.9. The summed E-state index contributed by atoms with van der Waals surface area (Å²) in [4.78, 5) is 39.9. The first-order valence-electron chi connectivity index (χ1n) is 7.88. The number of carbonyl (C=O) groups excluding carboxylic acids is 3. The van der Waals surface area contributed by atoms with Crippen LogP contribution < -0.4 is 4.74 Å². The van der Waals surface area contributed by atoms with Gasteiger partial charge in [0.05, 0.1) is 13.8 Å². The Morgan fingerprint density at radius 1 is 1.12 bits per heavy atom. The topological polar surface area (TPSA) is 70.2 Å². The molecule has 7 nitrogen and oxygen atoms in total. The van der Waals surface area contributed by atoms with Crippen LogP contribution in [0, 0.1) is 6.92 Å². The normalized spacial score (nSPS) is 15.0. The lowest BCUT2D eigenvalue weighted by Gasteiger charge is -2.23. The van der Waals surface area contributed by atoms with Crippen LogP contribution >= 0.6 is 0 Å². The summed E-state index contributed by atoms with van der Waals surface area (Å²) in [5.74, 6) is -0.768. The number of methoxy groups -OCH3 is 1. The van der Waals surface area contributed by atoms with Gasteiger partial charge in [0.1, 0.15) is 5.75 Å². The van der Waals surface area contributed by atoms with Crippen molar-refractivity contribution in [2.75, 3.05) is 27.4 Å². The molecule has 0 bridgehead atoms. The fourth-order valence-corrected chi connectivity index (χ4v) is 2.71. The van der Waals surface area contributed by atoms with Gasteiger partial charge in [-0.15, -0.1) is 0 Å². The maximum absolute atomic E-state index is 12.2. The zero-order valence-electron chi connectivity index (χ0n) is 14.5. The van der Waals surface area contributed by atoms with E-state index in [9.17, 15) is 14.4 Å². The van der Waals surface area contributed by atoms with E-state index in [-0.39, 0.29) is 13.2 Å². The Labute approximate surface area is 141 Å². The van der Waals surface area contributed by atoms with Crippen LogP contribution in [0.25, 0.3) is 0 Å². The molecule has 0 spiro atoms. The summed E-state index contributed by atoms with van der Waals surface area (Å²) in [6.45, 7) is 4.64. The second-order valence-electron chi connectivity index (χ2n) is 5.94. The molecule has 0 radical (unpaired) electrons. The number of carbonyl (C=O) groups is 3. The molecule has 1 fully saturated rings. The number of imide groups is 2. The standard InChI is InChI=1S/C17H23N3O4/c1-5-8-19-15(21)16(22)20(17(19)23)11-18(3)10-13-9-12(2)6-7-14(13)24-4/h6-7,9H,5,8,10-11H2,1-4H3. The number of nitrogens with zero attached hydrogens (tertiary/aromatic N) is 3. The highest BCUT2D eigenvalue weighted by Gasteiger charge is 2.44. The van der Waals surface area contributed by atoms with Gasteiger partial charge in [0, 0.05) is 18.7 Å². The largest absolute Gasteiger partial charge is 0.496 e. The van der Waals surface area contributed by atoms with E-state index in [4.69, 9.17) is 4.74 Å². The lowest BCUT2D eigenvalue weighted by molar-refractivity contribution is -0.143. The molecule has 4 amide bonds. The number of rotatable bonds is 7. The average molecular weight is 333 g/mol. The average Bonchev–Trinajstić information content (AvgIpc) is 2.73. The third-order valence-electron chi connectivity index (χ3n) is 3.84. The Balaban J connectivity index is 2.08. The molecular formula is C17H23N3O4. The smallest absolute Gasteiger partial charge is 0.335 e. The zero-order chi connectivity index (χ0) is 17.9. The van der Waals surface area contributed by atoms with Gasteiger partial charge in [0.2, 0.25) is 0 Å². The van der Waals surface area contributed by atoms with Gasteiger partial charge in [0.15, 0.2) is 0 Å². The first-order chi connectivity index (χ1) is 11.4. The number of aryl methyl sites for hydroxylation is 1. The minimum Gasteiger partial charge on any atom is -0.496 e. The van der Waals surface area contributed by atoms with Crippen molar-refractivity contribution in [3.63, 3.8) is 0 Å². The van der Waals surface area contributed by atoms with E-state index in [1.807, 2.05) is 32.0 Å². The van der Waals surface area contributed by atoms with Gasteiger partial charge in [-0.2, -0.15) is 0 Å². The Hall–Kier alpha value is -2.41. The zero-order valence-corrected chi connectivity index (χ0v) is 14.5. The van der Waals surface area contributed by atoms with Gasteiger partial charge in [-0.05, 0) is 26.5 Å². The van der Waals surface area contributed by atoms with Crippen molar-refractivity contribution in [2.24, 2.45) is 0 Å². The van der Waals surface area contributed by atoms with Crippen LogP contribution in [0.2, 0.25) is 0 Å². The Morgan fingerprint density at radius 2 is 1.79 bits per heavy atom. The van der Waals surface area contributed by atoms with Crippen molar-refractivity contribution in [2.45, 2.75) is 26.8 Å². The van der Waals surface area contributed by atoms with E-state index in [2.05, 4.69) is 0 Å². The molecule has 0 saturated carbocycles. The fourth-order valence-electron chi connectivity index (χ4n) is 2.71. The van der Waals surface area contributed by atoms with Crippen LogP contribution in [-0.2, 0) is 16.1 Å². The molecule has 1 saturated heterocycles. The van der Waals surface area contributed by atoms with Gasteiger partial charge in [-0.1, -0.05) is 24.6 Å². The molecule has 0 aromatic heterocycles. The van der Waals surface area contributed by atoms with Crippen LogP contribution in [0.3, 0.4) is 0 Å². The van der Waals surface area contributed by atoms with Gasteiger partial charge in [-0.3, -0.25) is 19.4 Å². The maximum Gasteiger partial charge on any atom is 0.335 e. The van der Waals surface area contributed by atoms with E-state index in [1.165, 1.54) is 0 Å². The molecule has 1 aromatic rings. The van der Waals surface area contributed by atoms with Gasteiger partial charge >= 0.3 is 17.8 Å². The van der Waals surface area contributed by atoms with E-state index >= 15 is 0 Å². The van der Waals surface area contributed by atoms with Gasteiger partial charge < -0.3 is 4.74 Å². The van der Waals surface area contributed by atoms with Crippen molar-refractivity contribution >= 4 is 17.8 Å². The van der Waals surface area contributed by atoms with Crippen LogP contribution in [-0.4, -0.2) is 59.9 Å². The fraction of sp³-hybridized carbons (Fsp3) is 0.471. The number of hydrogen-bond acceptors (Lipinski definition) is 5. The molecule has 1 aliphatic heterocycles. The highest BCUT2D eigenvalue weighted by atomic mass is 16.5. The molecule has 7 heteroatoms. The van der Waals surface area contributed by atoms with Crippen molar-refractivity contribution in [3.05, 3.63) is 29.3 Å². The van der Waals surface area contributed by atoms with Crippen molar-refractivity contribution < 1.29 is 19.1 Å². The summed E-state index contributed by atoms with van der Waals surface area (Å²) in [6.07, 6.45) is 0.620. The van der Waals surface area contributed by atoms with Gasteiger partial charge in [0.25, 0.3) is 0 Å². The highest BCUT2D eigenvalue weighted by Crippen LogP contribution is 2.21. The molecule has 1 heterocycles. The van der Waals surface area contributed by atoms with E-state index in [1.54, 1.807) is 19.1 Å². The predicted octanol–water partition coefficient (Wildman–Crippen LogP) is 1.59. The number of hydrogen-bond donors (Lipinski definition) is 0. The summed E-state index contributed by atoms with van der Waals surface area (Å²) in [6, 6.07) is 5.29. The Kier molecular flexibility index (Phi) is 5.56. The van der Waals surface area contributed by atoms with E-state index in [0.717, 1.165) is 26.7 Å². The number of benzene rings is 1. The molecule has 0 atom stereocenters. The van der Waals surface area contributed by atoms with Crippen LogP contribution in [0.15, 0.2) is 18.2 Å². The first-order valence-corrected chi connectivity index (χ1v) is 7.88. The van der Waals surface area contributed by atoms with E-state index < -0.39 is 17.8 Å². The van der Waals surface area contributed by atoms with Crippen LogP contribution in [0.1, 0.15) is 24.5 Å². The second kappa shape index (κ2) is 7.44. The van der Waals surface area contributed by atoms with Crippen LogP contribution in [0.5, 0.6) is 5.75 Å². The second-order valence-corrected chi connectivity index (χ2v) is 5.94. The molecule has 1 aromatic carbocycles. The van der Waals surface area contributed by atoms with Crippen molar-refractivity contribution in [1.82, 2.24) is 14.7 Å². The Bertz CT molecular complexity index is 659. The lowest BCUT2D eigenvalue weighted by Crippen LogP contribution is -2.40. The summed E-state index contributed by atoms with van der Waals surface area (Å²) in [7, 11) is 3.39. The van der Waals surface area contributed by atoms with Crippen molar-refractivity contribution in [3.8, 4) is 5.75 Å². The van der Waals surface area contributed by atoms with E-state index in [0.29, 0.717) is 13.0 Å². The molecule has 24 heavy (non-hydrogen) atoms. The molecule has 0 unspecified atom stereocenters.